The first-order chi connectivity index (χ1) is 11.6. The van der Waals surface area contributed by atoms with Gasteiger partial charge in [0.25, 0.3) is 0 Å². The number of halogens is 1. The average molecular weight is 388 g/mol. The number of carbonyl (C=O) groups is 1. The second-order valence-electron chi connectivity index (χ2n) is 6.55. The molecule has 0 radical (unpaired) electrons. The number of benzene rings is 1. The summed E-state index contributed by atoms with van der Waals surface area (Å²) in [4.78, 5) is 18.1. The molecule has 24 heavy (non-hydrogen) atoms. The SMILES string of the molecule is CCN(CC)C(=O)[C@@H]1C=C2c3cccc4[nH]c(Br)c(c34)C[C@H]2NC1. The number of aromatic nitrogens is 1. The minimum absolute atomic E-state index is 0.0738. The predicted octanol–water partition coefficient (Wildman–Crippen LogP) is 3.33. The highest BCUT2D eigenvalue weighted by molar-refractivity contribution is 9.10. The molecule has 2 atom stereocenters. The molecule has 0 saturated heterocycles. The smallest absolute Gasteiger partial charge is 0.230 e. The Morgan fingerprint density at radius 2 is 2.12 bits per heavy atom. The Bertz CT molecular complexity index is 834. The molecule has 4 rings (SSSR count). The van der Waals surface area contributed by atoms with Crippen LogP contribution in [-0.4, -0.2) is 41.5 Å². The van der Waals surface area contributed by atoms with Gasteiger partial charge in [0.1, 0.15) is 0 Å². The number of rotatable bonds is 3. The lowest BCUT2D eigenvalue weighted by Gasteiger charge is -2.35. The number of hydrogen-bond donors (Lipinski definition) is 2. The molecule has 1 aliphatic carbocycles. The van der Waals surface area contributed by atoms with Crippen LogP contribution in [0.3, 0.4) is 0 Å². The Morgan fingerprint density at radius 3 is 2.88 bits per heavy atom. The summed E-state index contributed by atoms with van der Waals surface area (Å²) in [5.41, 5.74) is 5.02. The van der Waals surface area contributed by atoms with Crippen LogP contribution in [0, 0.1) is 5.92 Å². The summed E-state index contributed by atoms with van der Waals surface area (Å²) in [6.45, 7) is 6.33. The quantitative estimate of drug-likeness (QED) is 0.848. The van der Waals surface area contributed by atoms with Gasteiger partial charge in [-0.3, -0.25) is 4.79 Å². The van der Waals surface area contributed by atoms with Gasteiger partial charge < -0.3 is 15.2 Å². The van der Waals surface area contributed by atoms with Crippen molar-refractivity contribution >= 4 is 38.3 Å². The third kappa shape index (κ3) is 2.33. The number of amides is 1. The molecule has 2 aromatic rings. The molecule has 0 unspecified atom stereocenters. The number of carbonyl (C=O) groups excluding carboxylic acids is 1. The van der Waals surface area contributed by atoms with Crippen molar-refractivity contribution in [3.8, 4) is 0 Å². The molecule has 1 aliphatic heterocycles. The van der Waals surface area contributed by atoms with E-state index in [1.807, 2.05) is 18.7 Å². The zero-order chi connectivity index (χ0) is 16.8. The molecule has 2 aliphatic rings. The monoisotopic (exact) mass is 387 g/mol. The molecule has 4 nitrogen and oxygen atoms in total. The number of nitrogens with zero attached hydrogens (tertiary/aromatic N) is 1. The Balaban J connectivity index is 1.79. The van der Waals surface area contributed by atoms with Gasteiger partial charge in [0, 0.05) is 36.6 Å². The van der Waals surface area contributed by atoms with Crippen LogP contribution < -0.4 is 5.32 Å². The van der Waals surface area contributed by atoms with E-state index >= 15 is 0 Å². The van der Waals surface area contributed by atoms with Crippen molar-refractivity contribution in [3.05, 3.63) is 40.0 Å². The number of hydrogen-bond acceptors (Lipinski definition) is 2. The van der Waals surface area contributed by atoms with Crippen molar-refractivity contribution in [2.45, 2.75) is 26.3 Å². The van der Waals surface area contributed by atoms with E-state index in [1.54, 1.807) is 0 Å². The highest BCUT2D eigenvalue weighted by Crippen LogP contribution is 2.41. The average Bonchev–Trinajstić information content (AvgIpc) is 2.93. The normalized spacial score (nSPS) is 22.2. The van der Waals surface area contributed by atoms with Gasteiger partial charge in [-0.25, -0.2) is 0 Å². The Kier molecular flexibility index (Phi) is 4.01. The van der Waals surface area contributed by atoms with Crippen molar-refractivity contribution in [2.75, 3.05) is 19.6 Å². The summed E-state index contributed by atoms with van der Waals surface area (Å²) >= 11 is 3.66. The minimum Gasteiger partial charge on any atom is -0.349 e. The summed E-state index contributed by atoms with van der Waals surface area (Å²) in [6, 6.07) is 6.67. The Labute approximate surface area is 150 Å². The first-order valence-electron chi connectivity index (χ1n) is 8.67. The van der Waals surface area contributed by atoms with E-state index < -0.39 is 0 Å². The molecule has 0 bridgehead atoms. The van der Waals surface area contributed by atoms with E-state index in [0.717, 1.165) is 36.2 Å². The highest BCUT2D eigenvalue weighted by Gasteiger charge is 2.34. The third-order valence-corrected chi connectivity index (χ3v) is 6.00. The van der Waals surface area contributed by atoms with Crippen LogP contribution in [0.4, 0.5) is 0 Å². The molecule has 0 saturated carbocycles. The first kappa shape index (κ1) is 15.9. The van der Waals surface area contributed by atoms with E-state index in [0.29, 0.717) is 0 Å². The van der Waals surface area contributed by atoms with Gasteiger partial charge in [0.15, 0.2) is 0 Å². The molecular formula is C19H22BrN3O. The van der Waals surface area contributed by atoms with Crippen LogP contribution in [0.1, 0.15) is 25.0 Å². The third-order valence-electron chi connectivity index (χ3n) is 5.33. The van der Waals surface area contributed by atoms with Gasteiger partial charge in [-0.15, -0.1) is 0 Å². The maximum absolute atomic E-state index is 12.8. The van der Waals surface area contributed by atoms with Gasteiger partial charge in [-0.05, 0) is 59.0 Å². The zero-order valence-corrected chi connectivity index (χ0v) is 15.6. The van der Waals surface area contributed by atoms with Crippen molar-refractivity contribution < 1.29 is 4.79 Å². The van der Waals surface area contributed by atoms with E-state index in [4.69, 9.17) is 0 Å². The van der Waals surface area contributed by atoms with Crippen LogP contribution in [0.5, 0.6) is 0 Å². The number of fused-ring (bicyclic) bond motifs is 2. The van der Waals surface area contributed by atoms with Crippen LogP contribution >= 0.6 is 15.9 Å². The lowest BCUT2D eigenvalue weighted by Crippen LogP contribution is -2.46. The molecule has 2 heterocycles. The van der Waals surface area contributed by atoms with Gasteiger partial charge in [0.05, 0.1) is 10.5 Å². The van der Waals surface area contributed by atoms with E-state index in [9.17, 15) is 4.79 Å². The fourth-order valence-corrected chi connectivity index (χ4v) is 4.65. The molecular weight excluding hydrogens is 366 g/mol. The molecule has 5 heteroatoms. The van der Waals surface area contributed by atoms with Crippen LogP contribution in [0.15, 0.2) is 28.9 Å². The second kappa shape index (κ2) is 6.05. The standard InChI is InChI=1S/C19H22BrN3O/c1-3-23(4-2)19(24)11-8-13-12-6-5-7-15-17(12)14(18(20)22-15)9-16(13)21-10-11/h5-8,11,16,21-22H,3-4,9-10H2,1-2H3/t11-,16-/m1/s1. The fraction of sp³-hybridized carbons (Fsp3) is 0.421. The Hall–Kier alpha value is -1.59. The van der Waals surface area contributed by atoms with Crippen molar-refractivity contribution in [1.29, 1.82) is 0 Å². The molecule has 0 spiro atoms. The Morgan fingerprint density at radius 1 is 1.33 bits per heavy atom. The first-order valence-corrected chi connectivity index (χ1v) is 9.46. The van der Waals surface area contributed by atoms with Crippen LogP contribution in [0.25, 0.3) is 16.5 Å². The number of H-pyrrole nitrogens is 1. The number of nitrogens with one attached hydrogen (secondary N) is 2. The fourth-order valence-electron chi connectivity index (χ4n) is 4.08. The summed E-state index contributed by atoms with van der Waals surface area (Å²) in [6.07, 6.45) is 3.16. The van der Waals surface area contributed by atoms with Gasteiger partial charge in [-0.1, -0.05) is 18.2 Å². The number of aromatic amines is 1. The lowest BCUT2D eigenvalue weighted by molar-refractivity contribution is -0.133. The summed E-state index contributed by atoms with van der Waals surface area (Å²) in [7, 11) is 0. The predicted molar refractivity (Wildman–Crippen MR) is 101 cm³/mol. The van der Waals surface area contributed by atoms with Crippen molar-refractivity contribution in [3.63, 3.8) is 0 Å². The maximum atomic E-state index is 12.8. The second-order valence-corrected chi connectivity index (χ2v) is 7.34. The highest BCUT2D eigenvalue weighted by atomic mass is 79.9. The molecule has 0 fully saturated rings. The minimum atomic E-state index is -0.0738. The lowest BCUT2D eigenvalue weighted by atomic mass is 9.80. The summed E-state index contributed by atoms with van der Waals surface area (Å²) in [5.74, 6) is 0.155. The van der Waals surface area contributed by atoms with Crippen LogP contribution in [0.2, 0.25) is 0 Å². The van der Waals surface area contributed by atoms with Gasteiger partial charge in [-0.2, -0.15) is 0 Å². The largest absolute Gasteiger partial charge is 0.349 e. The van der Waals surface area contributed by atoms with Crippen molar-refractivity contribution in [2.24, 2.45) is 5.92 Å². The molecule has 2 N–H and O–H groups in total. The maximum Gasteiger partial charge on any atom is 0.230 e. The van der Waals surface area contributed by atoms with E-state index in [1.165, 1.54) is 22.1 Å². The summed E-state index contributed by atoms with van der Waals surface area (Å²) < 4.78 is 1.08. The van der Waals surface area contributed by atoms with Gasteiger partial charge >= 0.3 is 0 Å². The zero-order valence-electron chi connectivity index (χ0n) is 14.0. The summed E-state index contributed by atoms with van der Waals surface area (Å²) in [5, 5.41) is 4.90. The molecule has 126 valence electrons. The van der Waals surface area contributed by atoms with E-state index in [2.05, 4.69) is 50.5 Å². The van der Waals surface area contributed by atoms with Crippen LogP contribution in [-0.2, 0) is 11.2 Å². The molecule has 1 amide bonds. The van der Waals surface area contributed by atoms with Gasteiger partial charge in [0.2, 0.25) is 5.91 Å². The van der Waals surface area contributed by atoms with E-state index in [-0.39, 0.29) is 17.9 Å². The van der Waals surface area contributed by atoms with Crippen molar-refractivity contribution in [1.82, 2.24) is 15.2 Å². The topological polar surface area (TPSA) is 48.1 Å². The molecule has 1 aromatic carbocycles. The molecule has 1 aromatic heterocycles.